The van der Waals surface area contributed by atoms with Crippen molar-refractivity contribution in [3.63, 3.8) is 0 Å². The topological polar surface area (TPSA) is 41.5 Å². The number of carbonyl (C=O) groups excluding carboxylic acids is 1. The Labute approximate surface area is 151 Å². The van der Waals surface area contributed by atoms with Crippen molar-refractivity contribution in [3.05, 3.63) is 65.5 Å². The van der Waals surface area contributed by atoms with Gasteiger partial charge in [-0.3, -0.25) is 4.79 Å². The minimum absolute atomic E-state index is 0.121. The molecule has 8 heteroatoms. The zero-order valence-corrected chi connectivity index (χ0v) is 14.4. The third kappa shape index (κ3) is 4.07. The Morgan fingerprint density at radius 3 is 2.50 bits per heavy atom. The fourth-order valence-corrected chi connectivity index (χ4v) is 3.67. The van der Waals surface area contributed by atoms with E-state index in [0.717, 1.165) is 23.9 Å². The van der Waals surface area contributed by atoms with E-state index in [1.807, 2.05) is 0 Å². The van der Waals surface area contributed by atoms with Gasteiger partial charge in [0.1, 0.15) is 10.6 Å². The molecule has 2 aromatic rings. The number of halogens is 4. The summed E-state index contributed by atoms with van der Waals surface area (Å²) in [6.07, 6.45) is -4.31. The number of nitrogens with zero attached hydrogens (tertiary/aromatic N) is 1. The summed E-state index contributed by atoms with van der Waals surface area (Å²) in [5.41, 5.74) is 0.132. The highest BCUT2D eigenvalue weighted by molar-refractivity contribution is 8.16. The van der Waals surface area contributed by atoms with E-state index in [0.29, 0.717) is 16.4 Å². The summed E-state index contributed by atoms with van der Waals surface area (Å²) in [4.78, 5) is 16.6. The van der Waals surface area contributed by atoms with Crippen molar-refractivity contribution in [1.29, 1.82) is 0 Å². The first-order valence-electron chi connectivity index (χ1n) is 7.67. The van der Waals surface area contributed by atoms with Gasteiger partial charge in [0.15, 0.2) is 5.17 Å². The largest absolute Gasteiger partial charge is 0.416 e. The third-order valence-electron chi connectivity index (χ3n) is 3.88. The lowest BCUT2D eigenvalue weighted by atomic mass is 9.98. The SMILES string of the molecule is CC1(Cc2cccc(C(F)(F)F)c2)SC(=Nc2ccc(F)cc2)NC1=O. The number of nitrogens with one attached hydrogen (secondary N) is 1. The van der Waals surface area contributed by atoms with Gasteiger partial charge in [-0.1, -0.05) is 30.0 Å². The standard InChI is InChI=1S/C18H14F4N2OS/c1-17(10-11-3-2-4-12(9-11)18(20,21)22)15(25)24-16(26-17)23-14-7-5-13(19)6-8-14/h2-9H,10H2,1H3,(H,23,24,25). The molecule has 1 unspecified atom stereocenters. The molecular weight excluding hydrogens is 368 g/mol. The Morgan fingerprint density at radius 2 is 1.85 bits per heavy atom. The molecule has 0 aliphatic carbocycles. The summed E-state index contributed by atoms with van der Waals surface area (Å²) in [6, 6.07) is 10.4. The van der Waals surface area contributed by atoms with Gasteiger partial charge in [0.05, 0.1) is 11.3 Å². The predicted octanol–water partition coefficient (Wildman–Crippen LogP) is 4.70. The molecule has 3 rings (SSSR count). The van der Waals surface area contributed by atoms with Gasteiger partial charge in [0.2, 0.25) is 5.91 Å². The molecule has 0 saturated carbocycles. The Morgan fingerprint density at radius 1 is 1.15 bits per heavy atom. The van der Waals surface area contributed by atoms with Gasteiger partial charge >= 0.3 is 6.18 Å². The quantitative estimate of drug-likeness (QED) is 0.782. The van der Waals surface area contributed by atoms with Crippen LogP contribution in [0.5, 0.6) is 0 Å². The van der Waals surface area contributed by atoms with Crippen LogP contribution in [0.25, 0.3) is 0 Å². The predicted molar refractivity (Wildman–Crippen MR) is 92.8 cm³/mol. The van der Waals surface area contributed by atoms with Crippen LogP contribution < -0.4 is 5.32 Å². The number of amides is 1. The highest BCUT2D eigenvalue weighted by Gasteiger charge is 2.43. The molecule has 1 atom stereocenters. The van der Waals surface area contributed by atoms with Gasteiger partial charge in [-0.15, -0.1) is 0 Å². The van der Waals surface area contributed by atoms with E-state index in [1.165, 1.54) is 30.3 Å². The van der Waals surface area contributed by atoms with E-state index in [4.69, 9.17) is 0 Å². The first kappa shape index (κ1) is 18.4. The molecule has 0 radical (unpaired) electrons. The van der Waals surface area contributed by atoms with Gasteiger partial charge in [-0.25, -0.2) is 9.38 Å². The van der Waals surface area contributed by atoms with E-state index < -0.39 is 22.3 Å². The molecule has 1 aliphatic rings. The Balaban J connectivity index is 1.80. The maximum atomic E-state index is 12.9. The molecule has 2 aromatic carbocycles. The van der Waals surface area contributed by atoms with Crippen LogP contribution in [-0.4, -0.2) is 15.8 Å². The molecule has 3 nitrogen and oxygen atoms in total. The molecular formula is C18H14F4N2OS. The minimum atomic E-state index is -4.43. The first-order valence-corrected chi connectivity index (χ1v) is 8.48. The van der Waals surface area contributed by atoms with E-state index in [-0.39, 0.29) is 12.3 Å². The Bertz CT molecular complexity index is 864. The van der Waals surface area contributed by atoms with Crippen LogP contribution in [0.2, 0.25) is 0 Å². The highest BCUT2D eigenvalue weighted by Crippen LogP contribution is 2.37. The summed E-state index contributed by atoms with van der Waals surface area (Å²) in [5, 5.41) is 2.96. The lowest BCUT2D eigenvalue weighted by molar-refractivity contribution is -0.137. The van der Waals surface area contributed by atoms with Crippen LogP contribution >= 0.6 is 11.8 Å². The number of carbonyl (C=O) groups is 1. The average molecular weight is 382 g/mol. The van der Waals surface area contributed by atoms with Crippen LogP contribution in [0, 0.1) is 5.82 Å². The number of hydrogen-bond acceptors (Lipinski definition) is 3. The number of hydrogen-bond donors (Lipinski definition) is 1. The van der Waals surface area contributed by atoms with Crippen LogP contribution in [0.15, 0.2) is 53.5 Å². The Kier molecular flexibility index (Phi) is 4.79. The van der Waals surface area contributed by atoms with Crippen molar-refractivity contribution in [2.24, 2.45) is 4.99 Å². The van der Waals surface area contributed by atoms with Crippen molar-refractivity contribution in [2.45, 2.75) is 24.3 Å². The molecule has 0 aromatic heterocycles. The lowest BCUT2D eigenvalue weighted by Gasteiger charge is -2.19. The summed E-state index contributed by atoms with van der Waals surface area (Å²) < 4.78 is 50.5. The average Bonchev–Trinajstić information content (AvgIpc) is 2.83. The van der Waals surface area contributed by atoms with E-state index >= 15 is 0 Å². The summed E-state index contributed by atoms with van der Waals surface area (Å²) in [7, 11) is 0. The van der Waals surface area contributed by atoms with E-state index in [2.05, 4.69) is 10.3 Å². The number of amidine groups is 1. The van der Waals surface area contributed by atoms with Crippen molar-refractivity contribution in [1.82, 2.24) is 5.32 Å². The number of alkyl halides is 3. The van der Waals surface area contributed by atoms with Crippen molar-refractivity contribution >= 4 is 28.5 Å². The molecule has 1 N–H and O–H groups in total. The third-order valence-corrected chi connectivity index (χ3v) is 5.04. The van der Waals surface area contributed by atoms with Gasteiger partial charge in [0, 0.05) is 0 Å². The fourth-order valence-electron chi connectivity index (χ4n) is 2.56. The van der Waals surface area contributed by atoms with Crippen LogP contribution in [0.3, 0.4) is 0 Å². The minimum Gasteiger partial charge on any atom is -0.304 e. The second kappa shape index (κ2) is 6.75. The maximum absolute atomic E-state index is 12.9. The second-order valence-electron chi connectivity index (χ2n) is 6.06. The monoisotopic (exact) mass is 382 g/mol. The molecule has 0 spiro atoms. The summed E-state index contributed by atoms with van der Waals surface area (Å²) in [5.74, 6) is -0.729. The van der Waals surface area contributed by atoms with Gasteiger partial charge in [-0.05, 0) is 49.2 Å². The molecule has 1 saturated heterocycles. The number of rotatable bonds is 3. The van der Waals surface area contributed by atoms with E-state index in [9.17, 15) is 22.4 Å². The first-order chi connectivity index (χ1) is 12.2. The maximum Gasteiger partial charge on any atom is 0.416 e. The summed E-state index contributed by atoms with van der Waals surface area (Å²) >= 11 is 1.14. The molecule has 1 heterocycles. The van der Waals surface area contributed by atoms with Crippen LogP contribution in [0.1, 0.15) is 18.1 Å². The molecule has 1 aliphatic heterocycles. The zero-order valence-electron chi connectivity index (χ0n) is 13.6. The van der Waals surface area contributed by atoms with Crippen molar-refractivity contribution in [2.75, 3.05) is 0 Å². The van der Waals surface area contributed by atoms with Gasteiger partial charge in [0.25, 0.3) is 0 Å². The molecule has 1 amide bonds. The molecule has 1 fully saturated rings. The van der Waals surface area contributed by atoms with E-state index in [1.54, 1.807) is 13.0 Å². The van der Waals surface area contributed by atoms with Crippen molar-refractivity contribution < 1.29 is 22.4 Å². The van der Waals surface area contributed by atoms with Gasteiger partial charge < -0.3 is 5.32 Å². The zero-order chi connectivity index (χ0) is 18.9. The number of benzene rings is 2. The second-order valence-corrected chi connectivity index (χ2v) is 7.55. The lowest BCUT2D eigenvalue weighted by Crippen LogP contribution is -2.35. The highest BCUT2D eigenvalue weighted by atomic mass is 32.2. The molecule has 136 valence electrons. The smallest absolute Gasteiger partial charge is 0.304 e. The van der Waals surface area contributed by atoms with Gasteiger partial charge in [-0.2, -0.15) is 13.2 Å². The summed E-state index contributed by atoms with van der Waals surface area (Å²) in [6.45, 7) is 1.65. The normalized spacial score (nSPS) is 21.9. The Hall–Kier alpha value is -2.35. The van der Waals surface area contributed by atoms with Crippen molar-refractivity contribution in [3.8, 4) is 0 Å². The number of thioether (sulfide) groups is 1. The fraction of sp³-hybridized carbons (Fsp3) is 0.222. The van der Waals surface area contributed by atoms with Crippen LogP contribution in [-0.2, 0) is 17.4 Å². The molecule has 26 heavy (non-hydrogen) atoms. The van der Waals surface area contributed by atoms with Crippen LogP contribution in [0.4, 0.5) is 23.2 Å². The molecule has 0 bridgehead atoms. The number of aliphatic imine (C=N–C) groups is 1.